The Hall–Kier alpha value is -2.17. The second-order valence-electron chi connectivity index (χ2n) is 4.87. The lowest BCUT2D eigenvalue weighted by Gasteiger charge is -2.16. The quantitative estimate of drug-likeness (QED) is 0.838. The van der Waals surface area contributed by atoms with Crippen LogP contribution >= 0.6 is 0 Å². The van der Waals surface area contributed by atoms with E-state index in [9.17, 15) is 4.79 Å². The predicted octanol–water partition coefficient (Wildman–Crippen LogP) is 2.28. The monoisotopic (exact) mass is 273 g/mol. The maximum atomic E-state index is 12.1. The number of pyridine rings is 1. The zero-order chi connectivity index (χ0) is 14.5. The van der Waals surface area contributed by atoms with Gasteiger partial charge in [-0.3, -0.25) is 9.78 Å². The molecule has 2 aromatic heterocycles. The van der Waals surface area contributed by atoms with Crippen molar-refractivity contribution in [1.82, 2.24) is 15.0 Å². The predicted molar refractivity (Wildman–Crippen MR) is 75.0 cm³/mol. The van der Waals surface area contributed by atoms with Crippen molar-refractivity contribution < 1.29 is 9.32 Å². The van der Waals surface area contributed by atoms with Crippen LogP contribution in [0.15, 0.2) is 28.9 Å². The van der Waals surface area contributed by atoms with Crippen LogP contribution in [-0.4, -0.2) is 28.0 Å². The zero-order valence-electron chi connectivity index (χ0n) is 12.1. The molecule has 20 heavy (non-hydrogen) atoms. The highest BCUT2D eigenvalue weighted by Gasteiger charge is 2.14. The molecule has 0 N–H and O–H groups in total. The number of aromatic nitrogens is 2. The highest BCUT2D eigenvalue weighted by molar-refractivity contribution is 5.76. The smallest absolute Gasteiger partial charge is 0.222 e. The molecule has 0 atom stereocenters. The van der Waals surface area contributed by atoms with Crippen molar-refractivity contribution in [3.63, 3.8) is 0 Å². The van der Waals surface area contributed by atoms with E-state index >= 15 is 0 Å². The molecule has 2 aromatic rings. The third-order valence-electron chi connectivity index (χ3n) is 3.32. The van der Waals surface area contributed by atoms with E-state index in [0.29, 0.717) is 19.4 Å². The molecule has 0 spiro atoms. The van der Waals surface area contributed by atoms with Crippen molar-refractivity contribution in [2.75, 3.05) is 7.05 Å². The molecule has 0 aliphatic carbocycles. The summed E-state index contributed by atoms with van der Waals surface area (Å²) in [6.07, 6.45) is 2.84. The summed E-state index contributed by atoms with van der Waals surface area (Å²) in [5.41, 5.74) is 2.79. The molecule has 0 saturated heterocycles. The lowest BCUT2D eigenvalue weighted by molar-refractivity contribution is -0.130. The van der Waals surface area contributed by atoms with E-state index in [-0.39, 0.29) is 5.91 Å². The van der Waals surface area contributed by atoms with Gasteiger partial charge in [0.05, 0.1) is 17.9 Å². The normalized spacial score (nSPS) is 10.6. The van der Waals surface area contributed by atoms with E-state index in [1.54, 1.807) is 18.1 Å². The Kier molecular flexibility index (Phi) is 4.50. The molecule has 0 bridgehead atoms. The van der Waals surface area contributed by atoms with E-state index in [2.05, 4.69) is 10.1 Å². The van der Waals surface area contributed by atoms with Gasteiger partial charge in [-0.2, -0.15) is 0 Å². The number of hydrogen-bond acceptors (Lipinski definition) is 4. The van der Waals surface area contributed by atoms with Crippen LogP contribution in [0.1, 0.15) is 29.1 Å². The summed E-state index contributed by atoms with van der Waals surface area (Å²) >= 11 is 0. The summed E-state index contributed by atoms with van der Waals surface area (Å²) < 4.78 is 5.10. The number of hydrogen-bond donors (Lipinski definition) is 0. The highest BCUT2D eigenvalue weighted by Crippen LogP contribution is 2.15. The Balaban J connectivity index is 1.89. The first-order chi connectivity index (χ1) is 9.58. The van der Waals surface area contributed by atoms with Gasteiger partial charge >= 0.3 is 0 Å². The number of amides is 1. The van der Waals surface area contributed by atoms with E-state index < -0.39 is 0 Å². The van der Waals surface area contributed by atoms with Crippen molar-refractivity contribution in [1.29, 1.82) is 0 Å². The van der Waals surface area contributed by atoms with E-state index in [4.69, 9.17) is 4.52 Å². The van der Waals surface area contributed by atoms with Gasteiger partial charge in [-0.05, 0) is 32.4 Å². The first kappa shape index (κ1) is 14.2. The summed E-state index contributed by atoms with van der Waals surface area (Å²) in [5.74, 6) is 0.887. The van der Waals surface area contributed by atoms with Crippen molar-refractivity contribution in [2.45, 2.75) is 33.2 Å². The van der Waals surface area contributed by atoms with Crippen molar-refractivity contribution in [3.05, 3.63) is 47.1 Å². The van der Waals surface area contributed by atoms with Crippen LogP contribution in [0.2, 0.25) is 0 Å². The minimum Gasteiger partial charge on any atom is -0.361 e. The number of carbonyl (C=O) groups is 1. The minimum atomic E-state index is 0.0932. The second kappa shape index (κ2) is 6.32. The summed E-state index contributed by atoms with van der Waals surface area (Å²) in [5, 5.41) is 3.90. The third-order valence-corrected chi connectivity index (χ3v) is 3.32. The van der Waals surface area contributed by atoms with Crippen LogP contribution in [0.4, 0.5) is 0 Å². The summed E-state index contributed by atoms with van der Waals surface area (Å²) in [7, 11) is 1.80. The fourth-order valence-electron chi connectivity index (χ4n) is 2.10. The van der Waals surface area contributed by atoms with Crippen molar-refractivity contribution in [2.24, 2.45) is 0 Å². The largest absolute Gasteiger partial charge is 0.361 e. The van der Waals surface area contributed by atoms with Crippen LogP contribution < -0.4 is 0 Å². The zero-order valence-corrected chi connectivity index (χ0v) is 12.1. The Morgan fingerprint density at radius 2 is 2.15 bits per heavy atom. The number of aryl methyl sites for hydroxylation is 2. The Morgan fingerprint density at radius 3 is 2.75 bits per heavy atom. The molecule has 106 valence electrons. The van der Waals surface area contributed by atoms with Crippen LogP contribution in [0, 0.1) is 13.8 Å². The molecular formula is C15H19N3O2. The standard InChI is InChI=1S/C15H19N3O2/c1-11-14(12(2)20-17-11)7-8-15(19)18(3)10-13-6-4-5-9-16-13/h4-6,9H,7-8,10H2,1-3H3. The van der Waals surface area contributed by atoms with Gasteiger partial charge in [0.15, 0.2) is 0 Å². The lowest BCUT2D eigenvalue weighted by atomic mass is 10.1. The molecule has 0 saturated carbocycles. The molecule has 0 fully saturated rings. The maximum Gasteiger partial charge on any atom is 0.222 e. The topological polar surface area (TPSA) is 59.2 Å². The van der Waals surface area contributed by atoms with Crippen LogP contribution in [0.5, 0.6) is 0 Å². The number of nitrogens with zero attached hydrogens (tertiary/aromatic N) is 3. The molecule has 5 nitrogen and oxygen atoms in total. The van der Waals surface area contributed by atoms with Gasteiger partial charge in [-0.1, -0.05) is 11.2 Å². The van der Waals surface area contributed by atoms with E-state index in [1.165, 1.54) is 0 Å². The molecule has 0 unspecified atom stereocenters. The van der Waals surface area contributed by atoms with E-state index in [1.807, 2.05) is 32.0 Å². The van der Waals surface area contributed by atoms with Gasteiger partial charge in [0.2, 0.25) is 5.91 Å². The van der Waals surface area contributed by atoms with Gasteiger partial charge in [0, 0.05) is 25.2 Å². The Bertz CT molecular complexity index is 559. The van der Waals surface area contributed by atoms with Crippen molar-refractivity contribution >= 4 is 5.91 Å². The maximum absolute atomic E-state index is 12.1. The van der Waals surface area contributed by atoms with Gasteiger partial charge in [-0.15, -0.1) is 0 Å². The second-order valence-corrected chi connectivity index (χ2v) is 4.87. The van der Waals surface area contributed by atoms with Gasteiger partial charge < -0.3 is 9.42 Å². The molecular weight excluding hydrogens is 254 g/mol. The van der Waals surface area contributed by atoms with Gasteiger partial charge in [0.25, 0.3) is 0 Å². The van der Waals surface area contributed by atoms with E-state index in [0.717, 1.165) is 22.7 Å². The lowest BCUT2D eigenvalue weighted by Crippen LogP contribution is -2.26. The molecule has 0 radical (unpaired) electrons. The average Bonchev–Trinajstić information content (AvgIpc) is 2.76. The molecule has 1 amide bonds. The molecule has 0 aromatic carbocycles. The molecule has 5 heteroatoms. The van der Waals surface area contributed by atoms with Crippen LogP contribution in [0.25, 0.3) is 0 Å². The van der Waals surface area contributed by atoms with Gasteiger partial charge in [-0.25, -0.2) is 0 Å². The number of rotatable bonds is 5. The first-order valence-electron chi connectivity index (χ1n) is 6.63. The summed E-state index contributed by atoms with van der Waals surface area (Å²) in [4.78, 5) is 18.0. The fraction of sp³-hybridized carbons (Fsp3) is 0.400. The minimum absolute atomic E-state index is 0.0932. The molecule has 2 heterocycles. The summed E-state index contributed by atoms with van der Waals surface area (Å²) in [6, 6.07) is 5.70. The molecule has 0 aliphatic rings. The van der Waals surface area contributed by atoms with Gasteiger partial charge in [0.1, 0.15) is 5.76 Å². The average molecular weight is 273 g/mol. The highest BCUT2D eigenvalue weighted by atomic mass is 16.5. The molecule has 0 aliphatic heterocycles. The van der Waals surface area contributed by atoms with Crippen molar-refractivity contribution in [3.8, 4) is 0 Å². The Labute approximate surface area is 118 Å². The first-order valence-corrected chi connectivity index (χ1v) is 6.63. The Morgan fingerprint density at radius 1 is 1.35 bits per heavy atom. The third kappa shape index (κ3) is 3.44. The van der Waals surface area contributed by atoms with Crippen LogP contribution in [-0.2, 0) is 17.8 Å². The summed E-state index contributed by atoms with van der Waals surface area (Å²) in [6.45, 7) is 4.30. The fourth-order valence-corrected chi connectivity index (χ4v) is 2.10. The molecule has 2 rings (SSSR count). The van der Waals surface area contributed by atoms with Crippen LogP contribution in [0.3, 0.4) is 0 Å². The number of carbonyl (C=O) groups excluding carboxylic acids is 1. The SMILES string of the molecule is Cc1noc(C)c1CCC(=O)N(C)Cc1ccccn1.